The molecule has 0 spiro atoms. The molecule has 0 aliphatic heterocycles. The summed E-state index contributed by atoms with van der Waals surface area (Å²) in [4.78, 5) is 11.6. The van der Waals surface area contributed by atoms with E-state index in [-0.39, 0.29) is 17.6 Å². The SMILES string of the molecule is CCNC(CCOCCC(C)(C)OC)C(=O)OCC. The van der Waals surface area contributed by atoms with E-state index < -0.39 is 0 Å². The molecule has 1 N–H and O–H groups in total. The third-order valence-corrected chi connectivity index (χ3v) is 2.97. The number of hydrogen-bond acceptors (Lipinski definition) is 5. The zero-order valence-corrected chi connectivity index (χ0v) is 13.0. The molecule has 1 atom stereocenters. The summed E-state index contributed by atoms with van der Waals surface area (Å²) in [6, 6.07) is -0.277. The number of hydrogen-bond donors (Lipinski definition) is 1. The topological polar surface area (TPSA) is 56.8 Å². The number of carbonyl (C=O) groups is 1. The van der Waals surface area contributed by atoms with Gasteiger partial charge in [0.15, 0.2) is 0 Å². The molecule has 0 saturated carbocycles. The van der Waals surface area contributed by atoms with Gasteiger partial charge in [0.05, 0.1) is 12.2 Å². The average molecular weight is 275 g/mol. The molecule has 1 unspecified atom stereocenters. The van der Waals surface area contributed by atoms with Gasteiger partial charge in [0.25, 0.3) is 0 Å². The Bertz CT molecular complexity index is 244. The van der Waals surface area contributed by atoms with Crippen molar-refractivity contribution in [3.8, 4) is 0 Å². The van der Waals surface area contributed by atoms with Crippen LogP contribution in [0.15, 0.2) is 0 Å². The zero-order chi connectivity index (χ0) is 14.7. The second kappa shape index (κ2) is 10.2. The van der Waals surface area contributed by atoms with Crippen molar-refractivity contribution in [1.29, 1.82) is 0 Å². The minimum Gasteiger partial charge on any atom is -0.465 e. The highest BCUT2D eigenvalue weighted by molar-refractivity contribution is 5.75. The van der Waals surface area contributed by atoms with Crippen molar-refractivity contribution in [1.82, 2.24) is 5.32 Å². The third-order valence-electron chi connectivity index (χ3n) is 2.97. The summed E-state index contributed by atoms with van der Waals surface area (Å²) < 4.78 is 15.9. The second-order valence-electron chi connectivity index (χ2n) is 4.98. The average Bonchev–Trinajstić information content (AvgIpc) is 2.37. The minimum atomic E-state index is -0.277. The van der Waals surface area contributed by atoms with E-state index in [0.29, 0.717) is 26.2 Å². The van der Waals surface area contributed by atoms with Crippen LogP contribution in [-0.2, 0) is 19.0 Å². The van der Waals surface area contributed by atoms with Gasteiger partial charge in [0.2, 0.25) is 0 Å². The molecule has 0 saturated heterocycles. The molecular formula is C14H29NO4. The van der Waals surface area contributed by atoms with Crippen LogP contribution >= 0.6 is 0 Å². The third kappa shape index (κ3) is 8.97. The van der Waals surface area contributed by atoms with Gasteiger partial charge in [0, 0.05) is 20.3 Å². The van der Waals surface area contributed by atoms with Crippen LogP contribution in [0.5, 0.6) is 0 Å². The van der Waals surface area contributed by atoms with Crippen molar-refractivity contribution < 1.29 is 19.0 Å². The molecule has 0 bridgehead atoms. The number of rotatable bonds is 11. The lowest BCUT2D eigenvalue weighted by Gasteiger charge is -2.22. The predicted molar refractivity (Wildman–Crippen MR) is 75.2 cm³/mol. The smallest absolute Gasteiger partial charge is 0.323 e. The van der Waals surface area contributed by atoms with Gasteiger partial charge < -0.3 is 19.5 Å². The molecule has 0 fully saturated rings. The van der Waals surface area contributed by atoms with Crippen molar-refractivity contribution in [2.75, 3.05) is 33.5 Å². The molecule has 0 amide bonds. The first kappa shape index (κ1) is 18.4. The van der Waals surface area contributed by atoms with E-state index in [9.17, 15) is 4.79 Å². The van der Waals surface area contributed by atoms with E-state index in [1.165, 1.54) is 0 Å². The van der Waals surface area contributed by atoms with Gasteiger partial charge in [0.1, 0.15) is 6.04 Å². The number of methoxy groups -OCH3 is 1. The molecule has 0 aliphatic carbocycles. The largest absolute Gasteiger partial charge is 0.465 e. The lowest BCUT2D eigenvalue weighted by Crippen LogP contribution is -2.39. The first-order valence-electron chi connectivity index (χ1n) is 6.99. The summed E-state index contributed by atoms with van der Waals surface area (Å²) in [5.41, 5.74) is -0.164. The normalized spacial score (nSPS) is 13.3. The quantitative estimate of drug-likeness (QED) is 0.460. The predicted octanol–water partition coefficient (Wildman–Crippen LogP) is 1.75. The lowest BCUT2D eigenvalue weighted by atomic mass is 10.1. The molecule has 0 radical (unpaired) electrons. The maximum atomic E-state index is 11.6. The second-order valence-corrected chi connectivity index (χ2v) is 4.98. The molecule has 0 aromatic heterocycles. The van der Waals surface area contributed by atoms with Gasteiger partial charge >= 0.3 is 5.97 Å². The minimum absolute atomic E-state index is 0.164. The van der Waals surface area contributed by atoms with Crippen LogP contribution in [0, 0.1) is 0 Å². The highest BCUT2D eigenvalue weighted by atomic mass is 16.5. The monoisotopic (exact) mass is 275 g/mol. The summed E-state index contributed by atoms with van der Waals surface area (Å²) in [5.74, 6) is -0.204. The van der Waals surface area contributed by atoms with Crippen LogP contribution in [0.25, 0.3) is 0 Å². The highest BCUT2D eigenvalue weighted by Crippen LogP contribution is 2.12. The summed E-state index contributed by atoms with van der Waals surface area (Å²) >= 11 is 0. The first-order valence-corrected chi connectivity index (χ1v) is 6.99. The number of likely N-dealkylation sites (N-methyl/N-ethyl adjacent to an activating group) is 1. The van der Waals surface area contributed by atoms with Crippen LogP contribution < -0.4 is 5.32 Å². The van der Waals surface area contributed by atoms with E-state index in [4.69, 9.17) is 14.2 Å². The van der Waals surface area contributed by atoms with Gasteiger partial charge in [-0.05, 0) is 40.2 Å². The Morgan fingerprint density at radius 1 is 1.26 bits per heavy atom. The molecular weight excluding hydrogens is 246 g/mol. The Balaban J connectivity index is 3.84. The molecule has 5 nitrogen and oxygen atoms in total. The maximum absolute atomic E-state index is 11.6. The molecule has 0 aromatic carbocycles. The summed E-state index contributed by atoms with van der Waals surface area (Å²) in [6.07, 6.45) is 1.45. The zero-order valence-electron chi connectivity index (χ0n) is 13.0. The van der Waals surface area contributed by atoms with Crippen molar-refractivity contribution >= 4 is 5.97 Å². The molecule has 19 heavy (non-hydrogen) atoms. The van der Waals surface area contributed by atoms with E-state index in [2.05, 4.69) is 5.32 Å². The Labute approximate surface area is 117 Å². The van der Waals surface area contributed by atoms with E-state index in [1.807, 2.05) is 27.7 Å². The van der Waals surface area contributed by atoms with E-state index in [0.717, 1.165) is 13.0 Å². The number of esters is 1. The molecule has 0 aromatic rings. The Morgan fingerprint density at radius 2 is 1.95 bits per heavy atom. The van der Waals surface area contributed by atoms with Gasteiger partial charge in [-0.1, -0.05) is 6.92 Å². The Morgan fingerprint density at radius 3 is 2.47 bits per heavy atom. The molecule has 0 heterocycles. The van der Waals surface area contributed by atoms with Crippen molar-refractivity contribution in [2.45, 2.75) is 52.2 Å². The Kier molecular flexibility index (Phi) is 9.83. The maximum Gasteiger partial charge on any atom is 0.323 e. The fraction of sp³-hybridized carbons (Fsp3) is 0.929. The van der Waals surface area contributed by atoms with Crippen LogP contribution in [-0.4, -0.2) is 51.1 Å². The van der Waals surface area contributed by atoms with Gasteiger partial charge in [-0.2, -0.15) is 0 Å². The number of carbonyl (C=O) groups excluding carboxylic acids is 1. The Hall–Kier alpha value is -0.650. The molecule has 5 heteroatoms. The van der Waals surface area contributed by atoms with Gasteiger partial charge in [-0.15, -0.1) is 0 Å². The van der Waals surface area contributed by atoms with Crippen LogP contribution in [0.2, 0.25) is 0 Å². The standard InChI is InChI=1S/C14H29NO4/c1-6-15-12(13(16)19-7-2)8-10-18-11-9-14(3,4)17-5/h12,15H,6-11H2,1-5H3. The van der Waals surface area contributed by atoms with Crippen LogP contribution in [0.4, 0.5) is 0 Å². The van der Waals surface area contributed by atoms with Crippen molar-refractivity contribution in [3.63, 3.8) is 0 Å². The molecule has 0 aliphatic rings. The number of nitrogens with one attached hydrogen (secondary N) is 1. The summed E-state index contributed by atoms with van der Waals surface area (Å²) in [6.45, 7) is 10.1. The molecule has 114 valence electrons. The summed E-state index contributed by atoms with van der Waals surface area (Å²) in [5, 5.41) is 3.11. The fourth-order valence-electron chi connectivity index (χ4n) is 1.52. The van der Waals surface area contributed by atoms with Gasteiger partial charge in [-0.3, -0.25) is 4.79 Å². The van der Waals surface area contributed by atoms with Crippen molar-refractivity contribution in [3.05, 3.63) is 0 Å². The van der Waals surface area contributed by atoms with E-state index in [1.54, 1.807) is 7.11 Å². The van der Waals surface area contributed by atoms with Crippen LogP contribution in [0.3, 0.4) is 0 Å². The van der Waals surface area contributed by atoms with Crippen molar-refractivity contribution in [2.24, 2.45) is 0 Å². The fourth-order valence-corrected chi connectivity index (χ4v) is 1.52. The van der Waals surface area contributed by atoms with E-state index >= 15 is 0 Å². The highest BCUT2D eigenvalue weighted by Gasteiger charge is 2.19. The summed E-state index contributed by atoms with van der Waals surface area (Å²) in [7, 11) is 1.70. The first-order chi connectivity index (χ1) is 8.96. The number of ether oxygens (including phenoxy) is 3. The molecule has 0 rings (SSSR count). The van der Waals surface area contributed by atoms with Gasteiger partial charge in [-0.25, -0.2) is 0 Å². The lowest BCUT2D eigenvalue weighted by molar-refractivity contribution is -0.146. The van der Waals surface area contributed by atoms with Crippen LogP contribution in [0.1, 0.15) is 40.5 Å².